The second-order valence-corrected chi connectivity index (χ2v) is 5.47. The van der Waals surface area contributed by atoms with E-state index in [1.165, 1.54) is 18.2 Å². The average Bonchev–Trinajstić information content (AvgIpc) is 3.23. The normalized spacial score (nSPS) is 20.1. The van der Waals surface area contributed by atoms with Crippen LogP contribution in [0, 0.1) is 24.5 Å². The Balaban J connectivity index is 1.66. The van der Waals surface area contributed by atoms with E-state index in [9.17, 15) is 13.6 Å². The van der Waals surface area contributed by atoms with E-state index in [1.807, 2.05) is 0 Å². The lowest BCUT2D eigenvalue weighted by Crippen LogP contribution is -2.15. The highest BCUT2D eigenvalue weighted by atomic mass is 19.1. The number of carbonyl (C=O) groups excluding carboxylic acids is 1. The summed E-state index contributed by atoms with van der Waals surface area (Å²) < 4.78 is 26.6. The van der Waals surface area contributed by atoms with Crippen molar-refractivity contribution in [3.63, 3.8) is 0 Å². The van der Waals surface area contributed by atoms with Crippen LogP contribution < -0.4 is 5.32 Å². The van der Waals surface area contributed by atoms with E-state index in [1.54, 1.807) is 31.2 Å². The molecule has 21 heavy (non-hydrogen) atoms. The monoisotopic (exact) mass is 287 g/mol. The maximum atomic E-state index is 13.7. The van der Waals surface area contributed by atoms with Gasteiger partial charge in [0, 0.05) is 5.92 Å². The van der Waals surface area contributed by atoms with Gasteiger partial charge in [-0.15, -0.1) is 0 Å². The molecule has 108 valence electrons. The molecule has 4 heteroatoms. The second-order valence-electron chi connectivity index (χ2n) is 5.47. The van der Waals surface area contributed by atoms with Crippen LogP contribution in [-0.4, -0.2) is 5.91 Å². The molecule has 1 saturated carbocycles. The number of hydrogen-bond donors (Lipinski definition) is 1. The number of aryl methyl sites for hydroxylation is 1. The van der Waals surface area contributed by atoms with Gasteiger partial charge in [-0.1, -0.05) is 18.2 Å². The molecule has 0 radical (unpaired) electrons. The number of anilines is 1. The first kappa shape index (κ1) is 13.7. The first-order valence-electron chi connectivity index (χ1n) is 6.87. The molecule has 1 amide bonds. The Morgan fingerprint density at radius 2 is 1.86 bits per heavy atom. The molecule has 0 aliphatic heterocycles. The van der Waals surface area contributed by atoms with E-state index >= 15 is 0 Å². The van der Waals surface area contributed by atoms with Crippen LogP contribution >= 0.6 is 0 Å². The van der Waals surface area contributed by atoms with Crippen LogP contribution in [0.5, 0.6) is 0 Å². The van der Waals surface area contributed by atoms with Crippen LogP contribution in [-0.2, 0) is 4.79 Å². The summed E-state index contributed by atoms with van der Waals surface area (Å²) in [5.41, 5.74) is 1.96. The molecule has 2 aromatic rings. The van der Waals surface area contributed by atoms with Gasteiger partial charge in [-0.25, -0.2) is 8.78 Å². The van der Waals surface area contributed by atoms with Crippen molar-refractivity contribution in [2.24, 2.45) is 5.92 Å². The van der Waals surface area contributed by atoms with Crippen molar-refractivity contribution in [3.05, 3.63) is 65.2 Å². The molecular weight excluding hydrogens is 272 g/mol. The fourth-order valence-corrected chi connectivity index (χ4v) is 2.51. The lowest BCUT2D eigenvalue weighted by Gasteiger charge is -2.07. The Morgan fingerprint density at radius 3 is 2.52 bits per heavy atom. The van der Waals surface area contributed by atoms with Gasteiger partial charge in [0.25, 0.3) is 0 Å². The van der Waals surface area contributed by atoms with Crippen LogP contribution in [0.4, 0.5) is 14.5 Å². The van der Waals surface area contributed by atoms with Gasteiger partial charge >= 0.3 is 0 Å². The van der Waals surface area contributed by atoms with E-state index in [0.717, 1.165) is 11.1 Å². The third-order valence-electron chi connectivity index (χ3n) is 3.81. The molecule has 0 aromatic heterocycles. The maximum Gasteiger partial charge on any atom is 0.228 e. The van der Waals surface area contributed by atoms with Crippen LogP contribution in [0.25, 0.3) is 0 Å². The van der Waals surface area contributed by atoms with Gasteiger partial charge in [0.2, 0.25) is 5.91 Å². The zero-order valence-corrected chi connectivity index (χ0v) is 11.6. The van der Waals surface area contributed by atoms with Crippen LogP contribution in [0.1, 0.15) is 23.5 Å². The Bertz CT molecular complexity index is 682. The molecule has 0 spiro atoms. The fourth-order valence-electron chi connectivity index (χ4n) is 2.51. The molecule has 2 aromatic carbocycles. The standard InChI is InChI=1S/C17H15F2NO/c1-10-2-7-16(15(19)8-10)20-17(21)14-9-13(14)11-3-5-12(18)6-4-11/h2-8,13-14H,9H2,1H3,(H,20,21). The van der Waals surface area contributed by atoms with Crippen LogP contribution in [0.15, 0.2) is 42.5 Å². The number of hydrogen-bond acceptors (Lipinski definition) is 1. The number of benzene rings is 2. The van der Waals surface area contributed by atoms with Crippen molar-refractivity contribution in [1.82, 2.24) is 0 Å². The third-order valence-corrected chi connectivity index (χ3v) is 3.81. The third kappa shape index (κ3) is 2.94. The van der Waals surface area contributed by atoms with E-state index in [2.05, 4.69) is 5.32 Å². The highest BCUT2D eigenvalue weighted by Crippen LogP contribution is 2.48. The molecule has 1 aliphatic carbocycles. The molecule has 0 heterocycles. The fraction of sp³-hybridized carbons (Fsp3) is 0.235. The van der Waals surface area contributed by atoms with E-state index < -0.39 is 5.82 Å². The summed E-state index contributed by atoms with van der Waals surface area (Å²) in [6.45, 7) is 1.79. The maximum absolute atomic E-state index is 13.7. The molecule has 1 aliphatic rings. The van der Waals surface area contributed by atoms with Gasteiger partial charge in [-0.3, -0.25) is 4.79 Å². The van der Waals surface area contributed by atoms with E-state index in [0.29, 0.717) is 6.42 Å². The van der Waals surface area contributed by atoms with Crippen molar-refractivity contribution in [3.8, 4) is 0 Å². The van der Waals surface area contributed by atoms with Gasteiger partial charge < -0.3 is 5.32 Å². The second kappa shape index (κ2) is 5.28. The zero-order chi connectivity index (χ0) is 15.0. The Hall–Kier alpha value is -2.23. The lowest BCUT2D eigenvalue weighted by molar-refractivity contribution is -0.117. The van der Waals surface area contributed by atoms with Crippen molar-refractivity contribution >= 4 is 11.6 Å². The summed E-state index contributed by atoms with van der Waals surface area (Å²) in [7, 11) is 0. The SMILES string of the molecule is Cc1ccc(NC(=O)C2CC2c2ccc(F)cc2)c(F)c1. The molecule has 1 fully saturated rings. The molecule has 3 rings (SSSR count). The predicted molar refractivity (Wildman–Crippen MR) is 77.0 cm³/mol. The van der Waals surface area contributed by atoms with Crippen molar-refractivity contribution in [1.29, 1.82) is 0 Å². The molecule has 2 atom stereocenters. The topological polar surface area (TPSA) is 29.1 Å². The van der Waals surface area contributed by atoms with Crippen molar-refractivity contribution in [2.45, 2.75) is 19.3 Å². The molecule has 2 unspecified atom stereocenters. The summed E-state index contributed by atoms with van der Waals surface area (Å²) in [6.07, 6.45) is 0.713. The Morgan fingerprint density at radius 1 is 1.14 bits per heavy atom. The molecule has 2 nitrogen and oxygen atoms in total. The molecule has 1 N–H and O–H groups in total. The Labute approximate surface area is 121 Å². The number of amides is 1. The molecular formula is C17H15F2NO. The summed E-state index contributed by atoms with van der Waals surface area (Å²) in [5.74, 6) is -0.980. The average molecular weight is 287 g/mol. The summed E-state index contributed by atoms with van der Waals surface area (Å²) in [6, 6.07) is 10.9. The van der Waals surface area contributed by atoms with Gasteiger partial charge in [-0.2, -0.15) is 0 Å². The number of carbonyl (C=O) groups is 1. The summed E-state index contributed by atoms with van der Waals surface area (Å²) in [5, 5.41) is 2.62. The number of nitrogens with one attached hydrogen (secondary N) is 1. The van der Waals surface area contributed by atoms with E-state index in [4.69, 9.17) is 0 Å². The highest BCUT2D eigenvalue weighted by Gasteiger charge is 2.44. The Kier molecular flexibility index (Phi) is 3.45. The number of rotatable bonds is 3. The highest BCUT2D eigenvalue weighted by molar-refractivity contribution is 5.95. The lowest BCUT2D eigenvalue weighted by atomic mass is 10.1. The first-order chi connectivity index (χ1) is 10.0. The smallest absolute Gasteiger partial charge is 0.228 e. The van der Waals surface area contributed by atoms with Crippen LogP contribution in [0.2, 0.25) is 0 Å². The van der Waals surface area contributed by atoms with Crippen molar-refractivity contribution < 1.29 is 13.6 Å². The van der Waals surface area contributed by atoms with Gasteiger partial charge in [-0.05, 0) is 54.7 Å². The van der Waals surface area contributed by atoms with E-state index in [-0.39, 0.29) is 29.2 Å². The minimum absolute atomic E-state index is 0.0964. The first-order valence-corrected chi connectivity index (χ1v) is 6.87. The van der Waals surface area contributed by atoms with Gasteiger partial charge in [0.1, 0.15) is 11.6 Å². The quantitative estimate of drug-likeness (QED) is 0.907. The molecule has 0 saturated heterocycles. The van der Waals surface area contributed by atoms with Crippen molar-refractivity contribution in [2.75, 3.05) is 5.32 Å². The summed E-state index contributed by atoms with van der Waals surface area (Å²) in [4.78, 5) is 12.1. The predicted octanol–water partition coefficient (Wildman–Crippen LogP) is 4.02. The van der Waals surface area contributed by atoms with Crippen LogP contribution in [0.3, 0.4) is 0 Å². The minimum Gasteiger partial charge on any atom is -0.323 e. The van der Waals surface area contributed by atoms with Gasteiger partial charge in [0.15, 0.2) is 0 Å². The molecule has 0 bridgehead atoms. The minimum atomic E-state index is -0.428. The largest absolute Gasteiger partial charge is 0.323 e. The summed E-state index contributed by atoms with van der Waals surface area (Å²) >= 11 is 0. The number of halogens is 2. The van der Waals surface area contributed by atoms with Gasteiger partial charge in [0.05, 0.1) is 5.69 Å². The zero-order valence-electron chi connectivity index (χ0n) is 11.6.